The minimum absolute atomic E-state index is 0.0188. The van der Waals surface area contributed by atoms with Crippen LogP contribution in [-0.4, -0.2) is 69.1 Å². The topological polar surface area (TPSA) is 195 Å². The summed E-state index contributed by atoms with van der Waals surface area (Å²) in [6, 6.07) is 0. The lowest BCUT2D eigenvalue weighted by Gasteiger charge is -2.34. The number of aromatic nitrogens is 4. The molecule has 14 heteroatoms. The van der Waals surface area contributed by atoms with Gasteiger partial charge in [0.2, 0.25) is 5.95 Å². The SMILES string of the molecule is CCC(C)(C[C@H]1OC(n2cnc3c(=O)n(C)c(N)nc32)[C@H](O)[C@@H]1O)OP(=O)(O)[C@@H](C)O. The second-order valence-electron chi connectivity index (χ2n) is 8.00. The predicted molar refractivity (Wildman–Crippen MR) is 109 cm³/mol. The van der Waals surface area contributed by atoms with Gasteiger partial charge in [-0.3, -0.25) is 18.5 Å². The Morgan fingerprint density at radius 2 is 2.06 bits per heavy atom. The van der Waals surface area contributed by atoms with Gasteiger partial charge in [0.15, 0.2) is 23.2 Å². The van der Waals surface area contributed by atoms with Gasteiger partial charge in [0, 0.05) is 13.5 Å². The van der Waals surface area contributed by atoms with E-state index in [1.807, 2.05) is 0 Å². The Morgan fingerprint density at radius 1 is 1.42 bits per heavy atom. The van der Waals surface area contributed by atoms with Gasteiger partial charge in [-0.15, -0.1) is 0 Å². The van der Waals surface area contributed by atoms with Crippen molar-refractivity contribution >= 4 is 24.7 Å². The molecule has 2 aromatic heterocycles. The predicted octanol–water partition coefficient (Wildman–Crippen LogP) is -0.569. The first-order valence-corrected chi connectivity index (χ1v) is 11.4. The molecule has 0 aromatic carbocycles. The van der Waals surface area contributed by atoms with E-state index in [0.29, 0.717) is 0 Å². The van der Waals surface area contributed by atoms with Gasteiger partial charge < -0.3 is 35.2 Å². The number of imidazole rings is 1. The maximum absolute atomic E-state index is 12.3. The zero-order chi connectivity index (χ0) is 23.3. The van der Waals surface area contributed by atoms with Crippen molar-refractivity contribution in [1.82, 2.24) is 19.1 Å². The fourth-order valence-corrected chi connectivity index (χ4v) is 4.43. The number of nitrogens with two attached hydrogens (primary N) is 1. The van der Waals surface area contributed by atoms with Gasteiger partial charge in [-0.2, -0.15) is 4.98 Å². The van der Waals surface area contributed by atoms with Crippen molar-refractivity contribution in [3.05, 3.63) is 16.7 Å². The Kier molecular flexibility index (Phi) is 6.33. The van der Waals surface area contributed by atoms with Crippen LogP contribution in [0.1, 0.15) is 39.8 Å². The summed E-state index contributed by atoms with van der Waals surface area (Å²) in [4.78, 5) is 30.4. The van der Waals surface area contributed by atoms with Crippen LogP contribution in [0, 0.1) is 0 Å². The molecule has 13 nitrogen and oxygen atoms in total. The fraction of sp³-hybridized carbons (Fsp3) is 0.706. The van der Waals surface area contributed by atoms with Gasteiger partial charge in [0.05, 0.1) is 18.0 Å². The van der Waals surface area contributed by atoms with Gasteiger partial charge in [0.25, 0.3) is 5.56 Å². The van der Waals surface area contributed by atoms with Gasteiger partial charge in [-0.25, -0.2) is 4.98 Å². The van der Waals surface area contributed by atoms with E-state index in [2.05, 4.69) is 9.97 Å². The average Bonchev–Trinajstić information content (AvgIpc) is 3.21. The van der Waals surface area contributed by atoms with E-state index >= 15 is 0 Å². The Bertz CT molecular complexity index is 1070. The molecule has 3 heterocycles. The molecule has 0 amide bonds. The van der Waals surface area contributed by atoms with Crippen LogP contribution in [0.25, 0.3) is 11.2 Å². The highest BCUT2D eigenvalue weighted by molar-refractivity contribution is 7.53. The van der Waals surface area contributed by atoms with Crippen molar-refractivity contribution in [3.63, 3.8) is 0 Å². The van der Waals surface area contributed by atoms with E-state index in [9.17, 15) is 29.6 Å². The molecule has 174 valence electrons. The summed E-state index contributed by atoms with van der Waals surface area (Å²) in [5.74, 6) is -1.66. The smallest absolute Gasteiger partial charge is 0.356 e. The van der Waals surface area contributed by atoms with E-state index in [4.69, 9.17) is 15.0 Å². The van der Waals surface area contributed by atoms with Crippen molar-refractivity contribution < 1.29 is 34.0 Å². The van der Waals surface area contributed by atoms with Crippen molar-refractivity contribution in [3.8, 4) is 0 Å². The highest BCUT2D eigenvalue weighted by atomic mass is 31.2. The number of ether oxygens (including phenoxy) is 1. The maximum Gasteiger partial charge on any atom is 0.356 e. The lowest BCUT2D eigenvalue weighted by Crippen LogP contribution is -2.38. The number of aliphatic hydroxyl groups excluding tert-OH is 3. The van der Waals surface area contributed by atoms with Crippen molar-refractivity contribution in [1.29, 1.82) is 0 Å². The number of fused-ring (bicyclic) bond motifs is 1. The molecule has 0 radical (unpaired) electrons. The zero-order valence-corrected chi connectivity index (χ0v) is 18.5. The Labute approximate surface area is 177 Å². The van der Waals surface area contributed by atoms with E-state index in [0.717, 1.165) is 11.5 Å². The molecule has 0 spiro atoms. The molecule has 3 rings (SSSR count). The summed E-state index contributed by atoms with van der Waals surface area (Å²) in [6.07, 6.45) is -3.44. The van der Waals surface area contributed by atoms with Gasteiger partial charge >= 0.3 is 7.60 Å². The molecule has 1 aliphatic heterocycles. The second kappa shape index (κ2) is 8.24. The molecule has 2 aromatic rings. The molecule has 3 unspecified atom stereocenters. The maximum atomic E-state index is 12.3. The molecule has 6 N–H and O–H groups in total. The molecule has 7 atom stereocenters. The third-order valence-corrected chi connectivity index (χ3v) is 7.30. The van der Waals surface area contributed by atoms with E-state index < -0.39 is 49.1 Å². The van der Waals surface area contributed by atoms with Crippen LogP contribution in [0.15, 0.2) is 11.1 Å². The molecular formula is C17H28N5O8P. The Morgan fingerprint density at radius 3 is 2.65 bits per heavy atom. The molecule has 0 bridgehead atoms. The Balaban J connectivity index is 1.89. The second-order valence-corrected chi connectivity index (χ2v) is 10.1. The molecule has 1 fully saturated rings. The largest absolute Gasteiger partial charge is 0.388 e. The number of hydrogen-bond donors (Lipinski definition) is 5. The standard InChI is InChI=1S/C17H28N5O8P/c1-5-17(3,30-31(27,28)8(2)23)6-9-11(24)12(25)15(29-9)22-7-19-10-13(22)20-16(18)21(4)14(10)26/h7-9,11-12,15,23-25H,5-6H2,1-4H3,(H2,18,20)(H,27,28)/t8-,9+,11+,12+,15?,17?/m0/s1. The number of hydrogen-bond acceptors (Lipinski definition) is 10. The minimum Gasteiger partial charge on any atom is -0.388 e. The number of nitrogen functional groups attached to an aromatic ring is 1. The molecular weight excluding hydrogens is 433 g/mol. The quantitative estimate of drug-likeness (QED) is 0.331. The first-order chi connectivity index (χ1) is 14.3. The number of aliphatic hydroxyl groups is 3. The monoisotopic (exact) mass is 461 g/mol. The lowest BCUT2D eigenvalue weighted by atomic mass is 9.93. The summed E-state index contributed by atoms with van der Waals surface area (Å²) in [6.45, 7) is 4.40. The average molecular weight is 461 g/mol. The summed E-state index contributed by atoms with van der Waals surface area (Å²) in [7, 11) is -2.88. The number of nitrogens with zero attached hydrogens (tertiary/aromatic N) is 4. The van der Waals surface area contributed by atoms with E-state index in [1.165, 1.54) is 17.9 Å². The number of anilines is 1. The third-order valence-electron chi connectivity index (χ3n) is 5.65. The highest BCUT2D eigenvalue weighted by Gasteiger charge is 2.48. The summed E-state index contributed by atoms with van der Waals surface area (Å²) >= 11 is 0. The van der Waals surface area contributed by atoms with Gasteiger partial charge in [0.1, 0.15) is 12.2 Å². The van der Waals surface area contributed by atoms with Crippen molar-refractivity contribution in [2.45, 2.75) is 69.6 Å². The molecule has 31 heavy (non-hydrogen) atoms. The normalized spacial score (nSPS) is 29.0. The van der Waals surface area contributed by atoms with Crippen molar-refractivity contribution in [2.24, 2.45) is 7.05 Å². The lowest BCUT2D eigenvalue weighted by molar-refractivity contribution is -0.0665. The van der Waals surface area contributed by atoms with Crippen LogP contribution in [0.4, 0.5) is 5.95 Å². The zero-order valence-electron chi connectivity index (χ0n) is 17.6. The summed E-state index contributed by atoms with van der Waals surface area (Å²) < 4.78 is 25.8. The molecule has 1 saturated heterocycles. The van der Waals surface area contributed by atoms with E-state index in [-0.39, 0.29) is 30.0 Å². The molecule has 0 saturated carbocycles. The Hall–Kier alpha value is -1.86. The van der Waals surface area contributed by atoms with Crippen LogP contribution in [0.3, 0.4) is 0 Å². The summed E-state index contributed by atoms with van der Waals surface area (Å²) in [5, 5.41) is 30.7. The minimum atomic E-state index is -4.33. The van der Waals surface area contributed by atoms with Crippen LogP contribution in [-0.2, 0) is 20.9 Å². The molecule has 0 aliphatic carbocycles. The number of rotatable bonds is 7. The van der Waals surface area contributed by atoms with Crippen LogP contribution in [0.5, 0.6) is 0 Å². The van der Waals surface area contributed by atoms with E-state index in [1.54, 1.807) is 13.8 Å². The van der Waals surface area contributed by atoms with Gasteiger partial charge in [-0.05, 0) is 20.3 Å². The summed E-state index contributed by atoms with van der Waals surface area (Å²) in [5.41, 5.74) is 4.14. The van der Waals surface area contributed by atoms with Crippen LogP contribution < -0.4 is 11.3 Å². The fourth-order valence-electron chi connectivity index (χ4n) is 3.44. The highest BCUT2D eigenvalue weighted by Crippen LogP contribution is 2.52. The first-order valence-electron chi connectivity index (χ1n) is 9.73. The molecule has 1 aliphatic rings. The van der Waals surface area contributed by atoms with Gasteiger partial charge in [-0.1, -0.05) is 6.92 Å². The van der Waals surface area contributed by atoms with Crippen LogP contribution in [0.2, 0.25) is 0 Å². The van der Waals surface area contributed by atoms with Crippen LogP contribution >= 0.6 is 7.60 Å². The third kappa shape index (κ3) is 4.27. The first kappa shape index (κ1) is 23.8. The van der Waals surface area contributed by atoms with Crippen molar-refractivity contribution in [2.75, 3.05) is 5.73 Å².